The Balaban J connectivity index is 1.54. The molecule has 0 aromatic heterocycles. The van der Waals surface area contributed by atoms with Crippen LogP contribution in [-0.4, -0.2) is 45.6 Å². The first-order valence-electron chi connectivity index (χ1n) is 10.0. The molecule has 7 heteroatoms. The highest BCUT2D eigenvalue weighted by atomic mass is 35.5. The van der Waals surface area contributed by atoms with E-state index >= 15 is 0 Å². The first-order valence-corrected chi connectivity index (χ1v) is 10.4. The molecule has 0 bridgehead atoms. The van der Waals surface area contributed by atoms with Crippen LogP contribution in [0, 0.1) is 0 Å². The fourth-order valence-electron chi connectivity index (χ4n) is 3.81. The molecular weight excluding hydrogens is 416 g/mol. The molecule has 3 aromatic rings. The summed E-state index contributed by atoms with van der Waals surface area (Å²) in [6.45, 7) is 1.85. The van der Waals surface area contributed by atoms with E-state index in [1.807, 2.05) is 67.6 Å². The molecule has 1 heterocycles. The van der Waals surface area contributed by atoms with E-state index in [1.165, 1.54) is 5.01 Å². The topological polar surface area (TPSA) is 70.1 Å². The Morgan fingerprint density at radius 2 is 1.68 bits per heavy atom. The predicted molar refractivity (Wildman–Crippen MR) is 118 cm³/mol. The van der Waals surface area contributed by atoms with Crippen molar-refractivity contribution in [2.75, 3.05) is 7.05 Å². The normalized spacial score (nSPS) is 21.5. The van der Waals surface area contributed by atoms with Gasteiger partial charge in [-0.15, -0.1) is 11.6 Å². The fourth-order valence-corrected chi connectivity index (χ4v) is 4.05. The monoisotopic (exact) mass is 438 g/mol. The number of likely N-dealkylation sites (N-methyl/N-ethyl adjacent to an activating group) is 1. The smallest absolute Gasteiger partial charge is 0.432 e. The predicted octanol–water partition coefficient (Wildman–Crippen LogP) is 4.44. The standard InChI is InChI=1S/C24H23ClN2O4/c1-15-22(17-9-4-3-5-10-17)31-24(30)27(26(15)2)23(29)20(25)21(28)19-13-12-16-8-6-7-11-18(16)14-19/h3-15,20-22,28H,1-2H3/t15-,20-,21+,22-/m0/s1. The number of ether oxygens (including phenoxy) is 1. The van der Waals surface area contributed by atoms with Gasteiger partial charge in [0.2, 0.25) is 0 Å². The number of amides is 2. The number of fused-ring (bicyclic) bond motifs is 1. The minimum atomic E-state index is -1.36. The average molecular weight is 439 g/mol. The first-order chi connectivity index (χ1) is 14.9. The van der Waals surface area contributed by atoms with Crippen molar-refractivity contribution in [3.8, 4) is 0 Å². The second kappa shape index (κ2) is 8.67. The van der Waals surface area contributed by atoms with Crippen LogP contribution in [0.4, 0.5) is 4.79 Å². The number of hydrogen-bond acceptors (Lipinski definition) is 5. The van der Waals surface area contributed by atoms with Gasteiger partial charge < -0.3 is 9.84 Å². The third-order valence-corrected chi connectivity index (χ3v) is 6.13. The molecule has 4 atom stereocenters. The van der Waals surface area contributed by atoms with Gasteiger partial charge in [-0.1, -0.05) is 66.7 Å². The summed E-state index contributed by atoms with van der Waals surface area (Å²) in [5, 5.41) is 13.7. The van der Waals surface area contributed by atoms with Crippen molar-refractivity contribution in [1.29, 1.82) is 0 Å². The van der Waals surface area contributed by atoms with Crippen LogP contribution in [0.5, 0.6) is 0 Å². The number of imide groups is 1. The van der Waals surface area contributed by atoms with Crippen LogP contribution >= 0.6 is 11.6 Å². The van der Waals surface area contributed by atoms with Gasteiger partial charge in [0, 0.05) is 7.05 Å². The third kappa shape index (κ3) is 4.02. The Hall–Kier alpha value is -2.93. The third-order valence-electron chi connectivity index (χ3n) is 5.71. The quantitative estimate of drug-likeness (QED) is 0.610. The van der Waals surface area contributed by atoms with Crippen molar-refractivity contribution >= 4 is 34.4 Å². The zero-order chi connectivity index (χ0) is 22.1. The van der Waals surface area contributed by atoms with E-state index in [9.17, 15) is 14.7 Å². The van der Waals surface area contributed by atoms with Gasteiger partial charge in [-0.05, 0) is 34.9 Å². The average Bonchev–Trinajstić information content (AvgIpc) is 2.80. The van der Waals surface area contributed by atoms with Crippen LogP contribution in [0.3, 0.4) is 0 Å². The fraction of sp³-hybridized carbons (Fsp3) is 0.250. The molecule has 0 unspecified atom stereocenters. The Bertz CT molecular complexity index is 1110. The Morgan fingerprint density at radius 3 is 2.39 bits per heavy atom. The lowest BCUT2D eigenvalue weighted by Crippen LogP contribution is -2.60. The molecule has 0 spiro atoms. The minimum absolute atomic E-state index is 0.314. The summed E-state index contributed by atoms with van der Waals surface area (Å²) in [5.74, 6) is -0.742. The molecule has 1 saturated heterocycles. The molecule has 0 saturated carbocycles. The van der Waals surface area contributed by atoms with Crippen LogP contribution in [0.25, 0.3) is 10.8 Å². The Morgan fingerprint density at radius 1 is 1.03 bits per heavy atom. The van der Waals surface area contributed by atoms with Gasteiger partial charge in [0.05, 0.1) is 6.04 Å². The maximum absolute atomic E-state index is 13.1. The lowest BCUT2D eigenvalue weighted by molar-refractivity contribution is -0.164. The van der Waals surface area contributed by atoms with E-state index in [0.29, 0.717) is 5.56 Å². The highest BCUT2D eigenvalue weighted by Gasteiger charge is 2.44. The minimum Gasteiger partial charge on any atom is -0.438 e. The number of halogens is 1. The Kier molecular flexibility index (Phi) is 5.96. The highest BCUT2D eigenvalue weighted by Crippen LogP contribution is 2.33. The van der Waals surface area contributed by atoms with Crippen molar-refractivity contribution in [1.82, 2.24) is 10.0 Å². The summed E-state index contributed by atoms with van der Waals surface area (Å²) in [7, 11) is 1.63. The number of benzene rings is 3. The first kappa shape index (κ1) is 21.3. The van der Waals surface area contributed by atoms with E-state index in [-0.39, 0.29) is 6.04 Å². The molecular formula is C24H23ClN2O4. The van der Waals surface area contributed by atoms with Gasteiger partial charge in [0.1, 0.15) is 17.6 Å². The zero-order valence-electron chi connectivity index (χ0n) is 17.2. The summed E-state index contributed by atoms with van der Waals surface area (Å²) >= 11 is 6.36. The molecule has 3 aromatic carbocycles. The van der Waals surface area contributed by atoms with Gasteiger partial charge in [-0.25, -0.2) is 9.80 Å². The zero-order valence-corrected chi connectivity index (χ0v) is 17.9. The maximum Gasteiger partial charge on any atom is 0.432 e. The number of carbonyl (C=O) groups is 2. The number of hydrazine groups is 1. The summed E-state index contributed by atoms with van der Waals surface area (Å²) in [4.78, 5) is 25.8. The molecule has 2 amide bonds. The van der Waals surface area contributed by atoms with E-state index in [1.54, 1.807) is 19.2 Å². The number of alkyl halides is 1. The van der Waals surface area contributed by atoms with Gasteiger partial charge in [0.25, 0.3) is 5.91 Å². The molecule has 6 nitrogen and oxygen atoms in total. The summed E-state index contributed by atoms with van der Waals surface area (Å²) < 4.78 is 5.57. The number of rotatable bonds is 4. The van der Waals surface area contributed by atoms with Gasteiger partial charge in [0.15, 0.2) is 0 Å². The molecule has 31 heavy (non-hydrogen) atoms. The number of nitrogens with zero attached hydrogens (tertiary/aromatic N) is 2. The van der Waals surface area contributed by atoms with Crippen LogP contribution in [-0.2, 0) is 9.53 Å². The highest BCUT2D eigenvalue weighted by molar-refractivity contribution is 6.32. The molecule has 0 radical (unpaired) electrons. The number of aliphatic hydroxyl groups excluding tert-OH is 1. The van der Waals surface area contributed by atoms with Crippen LogP contribution in [0.1, 0.15) is 30.3 Å². The largest absolute Gasteiger partial charge is 0.438 e. The molecule has 1 N–H and O–H groups in total. The second-order valence-electron chi connectivity index (χ2n) is 7.63. The molecule has 1 aliphatic rings. The van der Waals surface area contributed by atoms with E-state index < -0.39 is 29.6 Å². The van der Waals surface area contributed by atoms with Crippen molar-refractivity contribution in [2.24, 2.45) is 0 Å². The van der Waals surface area contributed by atoms with Crippen LogP contribution in [0.2, 0.25) is 0 Å². The lowest BCUT2D eigenvalue weighted by Gasteiger charge is -2.43. The second-order valence-corrected chi connectivity index (χ2v) is 8.10. The van der Waals surface area contributed by atoms with Crippen molar-refractivity contribution in [3.63, 3.8) is 0 Å². The molecule has 160 valence electrons. The van der Waals surface area contributed by atoms with Crippen LogP contribution < -0.4 is 0 Å². The van der Waals surface area contributed by atoms with Gasteiger partial charge >= 0.3 is 6.09 Å². The van der Waals surface area contributed by atoms with Crippen molar-refractivity contribution in [2.45, 2.75) is 30.6 Å². The number of carbonyl (C=O) groups excluding carboxylic acids is 2. The summed E-state index contributed by atoms with van der Waals surface area (Å²) in [6.07, 6.45) is -2.64. The SMILES string of the molecule is C[C@H]1[C@@H](c2ccccc2)OC(=O)N(C(=O)[C@@H](Cl)[C@H](O)c2ccc3ccccc3c2)N1C. The lowest BCUT2D eigenvalue weighted by atomic mass is 10.0. The number of aliphatic hydroxyl groups is 1. The number of cyclic esters (lactones) is 1. The summed E-state index contributed by atoms with van der Waals surface area (Å²) in [5.41, 5.74) is 1.33. The van der Waals surface area contributed by atoms with Crippen molar-refractivity contribution in [3.05, 3.63) is 83.9 Å². The van der Waals surface area contributed by atoms with Gasteiger partial charge in [-0.2, -0.15) is 5.01 Å². The molecule has 0 aliphatic carbocycles. The molecule has 1 aliphatic heterocycles. The Labute approximate surface area is 185 Å². The number of hydrogen-bond donors (Lipinski definition) is 1. The van der Waals surface area contributed by atoms with E-state index in [2.05, 4.69) is 0 Å². The van der Waals surface area contributed by atoms with Gasteiger partial charge in [-0.3, -0.25) is 4.79 Å². The van der Waals surface area contributed by atoms with Crippen LogP contribution in [0.15, 0.2) is 72.8 Å². The van der Waals surface area contributed by atoms with Crippen molar-refractivity contribution < 1.29 is 19.4 Å². The molecule has 1 fully saturated rings. The molecule has 4 rings (SSSR count). The summed E-state index contributed by atoms with van der Waals surface area (Å²) in [6, 6.07) is 22.1. The maximum atomic E-state index is 13.1. The van der Waals surface area contributed by atoms with E-state index in [4.69, 9.17) is 16.3 Å². The van der Waals surface area contributed by atoms with E-state index in [0.717, 1.165) is 21.3 Å².